The van der Waals surface area contributed by atoms with Gasteiger partial charge in [-0.25, -0.2) is 8.42 Å². The number of nitrogens with one attached hydrogen (secondary N) is 1. The van der Waals surface area contributed by atoms with Gasteiger partial charge in [0.15, 0.2) is 0 Å². The van der Waals surface area contributed by atoms with Gasteiger partial charge in [-0.2, -0.15) is 4.31 Å². The van der Waals surface area contributed by atoms with Crippen molar-refractivity contribution in [3.8, 4) is 11.5 Å². The molecule has 1 saturated heterocycles. The van der Waals surface area contributed by atoms with E-state index in [1.54, 1.807) is 19.2 Å². The number of hydrogen-bond acceptors (Lipinski definition) is 5. The van der Waals surface area contributed by atoms with E-state index in [0.717, 1.165) is 12.0 Å². The van der Waals surface area contributed by atoms with E-state index in [2.05, 4.69) is 19.2 Å². The minimum atomic E-state index is -3.77. The van der Waals surface area contributed by atoms with Crippen LogP contribution in [-0.2, 0) is 14.8 Å². The van der Waals surface area contributed by atoms with Crippen LogP contribution in [0.1, 0.15) is 31.7 Å². The second-order valence-electron chi connectivity index (χ2n) is 8.43. The van der Waals surface area contributed by atoms with Crippen LogP contribution in [0.25, 0.3) is 0 Å². The summed E-state index contributed by atoms with van der Waals surface area (Å²) in [6, 6.07) is 13.8. The molecular formula is C24H32N2O5S. The number of hydrogen-bond donors (Lipinski definition) is 1. The first-order chi connectivity index (χ1) is 15.3. The van der Waals surface area contributed by atoms with Gasteiger partial charge in [-0.3, -0.25) is 4.79 Å². The van der Waals surface area contributed by atoms with Crippen molar-refractivity contribution in [1.29, 1.82) is 0 Å². The summed E-state index contributed by atoms with van der Waals surface area (Å²) in [5.41, 5.74) is 0.839. The average molecular weight is 461 g/mol. The van der Waals surface area contributed by atoms with Gasteiger partial charge in [-0.15, -0.1) is 0 Å². The van der Waals surface area contributed by atoms with Crippen molar-refractivity contribution in [3.05, 3.63) is 54.1 Å². The highest BCUT2D eigenvalue weighted by Crippen LogP contribution is 2.39. The van der Waals surface area contributed by atoms with Crippen LogP contribution in [0.15, 0.2) is 53.4 Å². The van der Waals surface area contributed by atoms with Crippen molar-refractivity contribution in [1.82, 2.24) is 9.62 Å². The molecule has 0 bridgehead atoms. The zero-order chi connectivity index (χ0) is 23.3. The molecule has 0 radical (unpaired) electrons. The lowest BCUT2D eigenvalue weighted by atomic mass is 9.87. The largest absolute Gasteiger partial charge is 0.497 e. The molecule has 2 aromatic carbocycles. The molecule has 174 valence electrons. The maximum absolute atomic E-state index is 13.4. The lowest BCUT2D eigenvalue weighted by Crippen LogP contribution is -2.36. The third-order valence-electron chi connectivity index (χ3n) is 5.88. The van der Waals surface area contributed by atoms with Gasteiger partial charge in [0.1, 0.15) is 11.5 Å². The van der Waals surface area contributed by atoms with Gasteiger partial charge in [0.25, 0.3) is 0 Å². The van der Waals surface area contributed by atoms with Gasteiger partial charge in [0, 0.05) is 25.6 Å². The minimum absolute atomic E-state index is 0.116. The van der Waals surface area contributed by atoms with Crippen LogP contribution in [-0.4, -0.2) is 52.5 Å². The smallest absolute Gasteiger partial charge is 0.243 e. The van der Waals surface area contributed by atoms with Crippen molar-refractivity contribution >= 4 is 15.9 Å². The Labute approximate surface area is 190 Å². The number of rotatable bonds is 9. The number of methoxy groups -OCH3 is 2. The fraction of sp³-hybridized carbons (Fsp3) is 0.458. The Hall–Kier alpha value is -2.58. The van der Waals surface area contributed by atoms with E-state index in [4.69, 9.17) is 9.47 Å². The van der Waals surface area contributed by atoms with E-state index in [9.17, 15) is 13.2 Å². The number of carbonyl (C=O) groups excluding carboxylic acids is 1. The quantitative estimate of drug-likeness (QED) is 0.621. The molecule has 1 aliphatic rings. The van der Waals surface area contributed by atoms with Crippen LogP contribution < -0.4 is 14.8 Å². The molecular weight excluding hydrogens is 428 g/mol. The van der Waals surface area contributed by atoms with Gasteiger partial charge >= 0.3 is 0 Å². The van der Waals surface area contributed by atoms with Gasteiger partial charge in [-0.05, 0) is 48.2 Å². The summed E-state index contributed by atoms with van der Waals surface area (Å²) in [6.45, 7) is 5.09. The zero-order valence-corrected chi connectivity index (χ0v) is 19.9. The number of nitrogens with zero attached hydrogens (tertiary/aromatic N) is 1. The third-order valence-corrected chi connectivity index (χ3v) is 7.73. The Morgan fingerprint density at radius 2 is 1.75 bits per heavy atom. The van der Waals surface area contributed by atoms with Crippen molar-refractivity contribution in [3.63, 3.8) is 0 Å². The monoisotopic (exact) mass is 460 g/mol. The predicted octanol–water partition coefficient (Wildman–Crippen LogP) is 3.27. The van der Waals surface area contributed by atoms with Crippen LogP contribution in [0.2, 0.25) is 0 Å². The standard InChI is InChI=1S/C24H32N2O5S/c1-17(2)13-14-25-24(27)22-16-26(15-21(22)20-7-5-6-8-23(20)31-4)32(28,29)19-11-9-18(30-3)10-12-19/h5-12,17,21-22H,13-16H2,1-4H3,(H,25,27). The second-order valence-corrected chi connectivity index (χ2v) is 10.4. The van der Waals surface area contributed by atoms with Crippen LogP contribution in [0.5, 0.6) is 11.5 Å². The van der Waals surface area contributed by atoms with Gasteiger partial charge in [0.2, 0.25) is 15.9 Å². The van der Waals surface area contributed by atoms with Crippen LogP contribution in [0.4, 0.5) is 0 Å². The van der Waals surface area contributed by atoms with E-state index < -0.39 is 15.9 Å². The van der Waals surface area contributed by atoms with Gasteiger partial charge < -0.3 is 14.8 Å². The van der Waals surface area contributed by atoms with E-state index >= 15 is 0 Å². The molecule has 0 aliphatic carbocycles. The van der Waals surface area contributed by atoms with Gasteiger partial charge in [-0.1, -0.05) is 32.0 Å². The molecule has 0 saturated carbocycles. The average Bonchev–Trinajstić information content (AvgIpc) is 3.25. The SMILES string of the molecule is COc1ccc(S(=O)(=O)N2CC(C(=O)NCCC(C)C)C(c3ccccc3OC)C2)cc1. The Kier molecular flexibility index (Phi) is 7.79. The first kappa shape index (κ1) is 24.1. The Morgan fingerprint density at radius 3 is 2.38 bits per heavy atom. The molecule has 1 fully saturated rings. The maximum atomic E-state index is 13.4. The predicted molar refractivity (Wildman–Crippen MR) is 123 cm³/mol. The number of amides is 1. The number of sulfonamides is 1. The van der Waals surface area contributed by atoms with Crippen LogP contribution >= 0.6 is 0 Å². The molecule has 1 amide bonds. The first-order valence-electron chi connectivity index (χ1n) is 10.8. The minimum Gasteiger partial charge on any atom is -0.497 e. The van der Waals surface area contributed by atoms with E-state index in [-0.39, 0.29) is 29.8 Å². The molecule has 3 rings (SSSR count). The number of ether oxygens (including phenoxy) is 2. The molecule has 2 unspecified atom stereocenters. The Morgan fingerprint density at radius 1 is 1.06 bits per heavy atom. The zero-order valence-electron chi connectivity index (χ0n) is 19.1. The highest BCUT2D eigenvalue weighted by Gasteiger charge is 2.44. The van der Waals surface area contributed by atoms with Crippen molar-refractivity contribution in [2.45, 2.75) is 31.1 Å². The molecule has 7 nitrogen and oxygen atoms in total. The molecule has 2 aromatic rings. The van der Waals surface area contributed by atoms with Crippen molar-refractivity contribution < 1.29 is 22.7 Å². The molecule has 8 heteroatoms. The molecule has 0 spiro atoms. The summed E-state index contributed by atoms with van der Waals surface area (Å²) < 4.78 is 38.8. The van der Waals surface area contributed by atoms with Crippen LogP contribution in [0, 0.1) is 11.8 Å². The summed E-state index contributed by atoms with van der Waals surface area (Å²) in [4.78, 5) is 13.3. The maximum Gasteiger partial charge on any atom is 0.243 e. The summed E-state index contributed by atoms with van der Waals surface area (Å²) >= 11 is 0. The van der Waals surface area contributed by atoms with E-state index in [1.807, 2.05) is 24.3 Å². The summed E-state index contributed by atoms with van der Waals surface area (Å²) in [5.74, 6) is 0.760. The lowest BCUT2D eigenvalue weighted by molar-refractivity contribution is -0.124. The Bertz CT molecular complexity index is 1020. The van der Waals surface area contributed by atoms with Crippen molar-refractivity contribution in [2.75, 3.05) is 33.9 Å². The topological polar surface area (TPSA) is 84.9 Å². The van der Waals surface area contributed by atoms with E-state index in [1.165, 1.54) is 23.5 Å². The normalized spacial score (nSPS) is 19.2. The van der Waals surface area contributed by atoms with E-state index in [0.29, 0.717) is 24.0 Å². The second kappa shape index (κ2) is 10.4. The van der Waals surface area contributed by atoms with Crippen molar-refractivity contribution in [2.24, 2.45) is 11.8 Å². The summed E-state index contributed by atoms with van der Waals surface area (Å²) in [5, 5.41) is 3.00. The van der Waals surface area contributed by atoms with Crippen LogP contribution in [0.3, 0.4) is 0 Å². The molecule has 1 N–H and O–H groups in total. The Balaban J connectivity index is 1.90. The number of para-hydroxylation sites is 1. The number of benzene rings is 2. The molecule has 0 aromatic heterocycles. The highest BCUT2D eigenvalue weighted by atomic mass is 32.2. The molecule has 1 aliphatic heterocycles. The van der Waals surface area contributed by atoms with Gasteiger partial charge in [0.05, 0.1) is 25.0 Å². The first-order valence-corrected chi connectivity index (χ1v) is 12.3. The lowest BCUT2D eigenvalue weighted by Gasteiger charge is -2.20. The molecule has 32 heavy (non-hydrogen) atoms. The fourth-order valence-corrected chi connectivity index (χ4v) is 5.52. The summed E-state index contributed by atoms with van der Waals surface area (Å²) in [7, 11) is -0.655. The third kappa shape index (κ3) is 5.24. The number of carbonyl (C=O) groups is 1. The molecule has 1 heterocycles. The molecule has 2 atom stereocenters. The summed E-state index contributed by atoms with van der Waals surface area (Å²) in [6.07, 6.45) is 0.867. The fourth-order valence-electron chi connectivity index (χ4n) is 4.03. The highest BCUT2D eigenvalue weighted by molar-refractivity contribution is 7.89.